The van der Waals surface area contributed by atoms with Crippen LogP contribution in [-0.2, 0) is 28.5 Å². The van der Waals surface area contributed by atoms with Crippen molar-refractivity contribution in [2.24, 2.45) is 11.8 Å². The zero-order chi connectivity index (χ0) is 39.7. The molecule has 0 aliphatic heterocycles. The number of ether oxygens (including phenoxy) is 4. The monoisotopic (exact) mass is 764 g/mol. The molecule has 2 atom stereocenters. The largest absolute Gasteiger partial charge is 0.508 e. The minimum atomic E-state index is -0.751. The first kappa shape index (κ1) is 51.6. The number of hydrogen-bond donors (Lipinski definition) is 0. The number of nitrogens with zero attached hydrogens (tertiary/aromatic N) is 1. The number of hydrogen-bond acceptors (Lipinski definition) is 8. The molecule has 0 saturated carbocycles. The van der Waals surface area contributed by atoms with Crippen LogP contribution in [0.25, 0.3) is 0 Å². The molecule has 0 saturated heterocycles. The van der Waals surface area contributed by atoms with Crippen molar-refractivity contribution in [3.8, 4) is 0 Å². The van der Waals surface area contributed by atoms with E-state index in [0.717, 1.165) is 110 Å². The van der Waals surface area contributed by atoms with Gasteiger partial charge in [0.15, 0.2) is 0 Å². The van der Waals surface area contributed by atoms with Gasteiger partial charge >= 0.3 is 18.1 Å². The van der Waals surface area contributed by atoms with Gasteiger partial charge in [-0.1, -0.05) is 155 Å². The summed E-state index contributed by atoms with van der Waals surface area (Å²) in [7, 11) is 0. The van der Waals surface area contributed by atoms with Gasteiger partial charge in [-0.3, -0.25) is 9.59 Å². The highest BCUT2D eigenvalue weighted by Crippen LogP contribution is 2.21. The second-order valence-corrected chi connectivity index (χ2v) is 15.1. The first-order valence-corrected chi connectivity index (χ1v) is 22.6. The zero-order valence-corrected chi connectivity index (χ0v) is 35.9. The lowest BCUT2D eigenvalue weighted by atomic mass is 9.94. The molecule has 0 rings (SSSR count). The fourth-order valence-corrected chi connectivity index (χ4v) is 6.41. The molecule has 0 aromatic carbocycles. The molecule has 0 aliphatic carbocycles. The molecule has 2 unspecified atom stereocenters. The first-order valence-electron chi connectivity index (χ1n) is 22.6. The van der Waals surface area contributed by atoms with Gasteiger partial charge in [0.1, 0.15) is 19.8 Å². The summed E-state index contributed by atoms with van der Waals surface area (Å²) in [5.74, 6) is -1.06. The van der Waals surface area contributed by atoms with Crippen molar-refractivity contribution in [2.75, 3.05) is 46.1 Å². The van der Waals surface area contributed by atoms with Gasteiger partial charge in [-0.15, -0.1) is 0 Å². The molecule has 0 fully saturated rings. The summed E-state index contributed by atoms with van der Waals surface area (Å²) < 4.78 is 22.2. The van der Waals surface area contributed by atoms with Crippen LogP contribution in [0, 0.1) is 11.8 Å². The van der Waals surface area contributed by atoms with E-state index >= 15 is 0 Å². The maximum Gasteiger partial charge on any atom is 0.508 e. The summed E-state index contributed by atoms with van der Waals surface area (Å²) >= 11 is 0. The molecule has 0 aromatic rings. The minimum Gasteiger partial charge on any atom is -0.465 e. The molecule has 0 radical (unpaired) electrons. The topological polar surface area (TPSA) is 91.4 Å². The van der Waals surface area contributed by atoms with Crippen molar-refractivity contribution in [1.82, 2.24) is 4.90 Å². The fraction of sp³-hybridized carbons (Fsp3) is 0.848. The summed E-state index contributed by atoms with van der Waals surface area (Å²) in [5, 5.41) is 0. The van der Waals surface area contributed by atoms with E-state index in [1.54, 1.807) is 0 Å². The quantitative estimate of drug-likeness (QED) is 0.0264. The molecule has 0 spiro atoms. The lowest BCUT2D eigenvalue weighted by Gasteiger charge is -2.20. The predicted octanol–water partition coefficient (Wildman–Crippen LogP) is 12.7. The van der Waals surface area contributed by atoms with Gasteiger partial charge in [0.05, 0.1) is 18.4 Å². The Labute approximate surface area is 332 Å². The molecule has 0 bridgehead atoms. The van der Waals surface area contributed by atoms with Gasteiger partial charge < -0.3 is 23.8 Å². The Hall–Kier alpha value is -2.35. The lowest BCUT2D eigenvalue weighted by Crippen LogP contribution is -2.29. The zero-order valence-electron chi connectivity index (χ0n) is 35.9. The minimum absolute atomic E-state index is 0.0280. The summed E-state index contributed by atoms with van der Waals surface area (Å²) in [6.45, 7) is 13.9. The molecule has 8 heteroatoms. The molecule has 8 nitrogen and oxygen atoms in total. The summed E-state index contributed by atoms with van der Waals surface area (Å²) in [5.41, 5.74) is 0. The molecule has 0 N–H and O–H groups in total. The van der Waals surface area contributed by atoms with Crippen molar-refractivity contribution in [2.45, 2.75) is 195 Å². The number of unbranched alkanes of at least 4 members (excludes halogenated alkanes) is 16. The average Bonchev–Trinajstić information content (AvgIpc) is 3.18. The van der Waals surface area contributed by atoms with Crippen LogP contribution in [0.5, 0.6) is 0 Å². The van der Waals surface area contributed by atoms with E-state index in [1.165, 1.54) is 64.2 Å². The number of esters is 2. The molecule has 54 heavy (non-hydrogen) atoms. The van der Waals surface area contributed by atoms with Gasteiger partial charge in [0.2, 0.25) is 0 Å². The Bertz CT molecular complexity index is 917. The molecule has 0 amide bonds. The third-order valence-corrected chi connectivity index (χ3v) is 10.1. The van der Waals surface area contributed by atoms with Gasteiger partial charge in [0.25, 0.3) is 0 Å². The van der Waals surface area contributed by atoms with E-state index in [1.807, 2.05) is 0 Å². The maximum atomic E-state index is 13.3. The van der Waals surface area contributed by atoms with E-state index in [9.17, 15) is 14.4 Å². The summed E-state index contributed by atoms with van der Waals surface area (Å²) in [4.78, 5) is 40.6. The van der Waals surface area contributed by atoms with Gasteiger partial charge in [-0.05, 0) is 70.9 Å². The van der Waals surface area contributed by atoms with E-state index in [2.05, 4.69) is 63.8 Å². The van der Waals surface area contributed by atoms with Crippen molar-refractivity contribution in [3.05, 3.63) is 24.3 Å². The van der Waals surface area contributed by atoms with Gasteiger partial charge in [0, 0.05) is 13.0 Å². The van der Waals surface area contributed by atoms with E-state index in [0.29, 0.717) is 6.42 Å². The smallest absolute Gasteiger partial charge is 0.465 e. The highest BCUT2D eigenvalue weighted by molar-refractivity contribution is 5.72. The maximum absolute atomic E-state index is 13.3. The third-order valence-electron chi connectivity index (χ3n) is 10.1. The molecule has 0 heterocycles. The van der Waals surface area contributed by atoms with Crippen LogP contribution in [0.4, 0.5) is 4.79 Å². The average molecular weight is 764 g/mol. The third kappa shape index (κ3) is 34.2. The van der Waals surface area contributed by atoms with E-state index < -0.39 is 12.1 Å². The standard InChI is InChI=1S/C46H85NO7/c1-6-11-14-17-19-20-21-22-23-24-25-26-27-29-32-36-44(48)52-39-42(41-54-46(50)51-38-33-37-47(9-4)10-5)40-53-45(49)43(34-30-16-13-8-3)35-31-28-18-15-12-7-2/h19-20,22-23,42-43H,6-18,21,24-41H2,1-5H3/b20-19-,23-22-. The first-order chi connectivity index (χ1) is 26.4. The molecule has 0 aliphatic rings. The van der Waals surface area contributed by atoms with Crippen LogP contribution in [0.2, 0.25) is 0 Å². The summed E-state index contributed by atoms with van der Waals surface area (Å²) in [6.07, 6.45) is 35.0. The van der Waals surface area contributed by atoms with E-state index in [4.69, 9.17) is 18.9 Å². The Kier molecular flexibility index (Phi) is 38.6. The second-order valence-electron chi connectivity index (χ2n) is 15.1. The van der Waals surface area contributed by atoms with Crippen LogP contribution in [-0.4, -0.2) is 69.1 Å². The van der Waals surface area contributed by atoms with Crippen LogP contribution in [0.15, 0.2) is 24.3 Å². The normalized spacial score (nSPS) is 12.8. The number of rotatable bonds is 39. The van der Waals surface area contributed by atoms with Gasteiger partial charge in [-0.25, -0.2) is 4.79 Å². The van der Waals surface area contributed by atoms with Crippen molar-refractivity contribution in [1.29, 1.82) is 0 Å². The van der Waals surface area contributed by atoms with Crippen molar-refractivity contribution >= 4 is 18.1 Å². The second kappa shape index (κ2) is 40.3. The molecule has 316 valence electrons. The highest BCUT2D eigenvalue weighted by atomic mass is 16.7. The Balaban J connectivity index is 4.81. The number of allylic oxidation sites excluding steroid dienone is 4. The Morgan fingerprint density at radius 1 is 0.519 bits per heavy atom. The van der Waals surface area contributed by atoms with Crippen molar-refractivity contribution < 1.29 is 33.3 Å². The number of carbonyl (C=O) groups excluding carboxylic acids is 3. The molecular formula is C46H85NO7. The Morgan fingerprint density at radius 2 is 1.02 bits per heavy atom. The Morgan fingerprint density at radius 3 is 1.65 bits per heavy atom. The van der Waals surface area contributed by atoms with Crippen LogP contribution in [0.1, 0.15) is 195 Å². The SMILES string of the molecule is CCCCC/C=C\C/C=C\CCCCCCCC(=O)OCC(COC(=O)OCCCN(CC)CC)COC(=O)C(CCCCCC)CCCCCCCC. The predicted molar refractivity (Wildman–Crippen MR) is 225 cm³/mol. The molecular weight excluding hydrogens is 679 g/mol. The van der Waals surface area contributed by atoms with Gasteiger partial charge in [-0.2, -0.15) is 0 Å². The highest BCUT2D eigenvalue weighted by Gasteiger charge is 2.23. The lowest BCUT2D eigenvalue weighted by molar-refractivity contribution is -0.153. The summed E-state index contributed by atoms with van der Waals surface area (Å²) in [6, 6.07) is 0. The van der Waals surface area contributed by atoms with E-state index in [-0.39, 0.29) is 44.3 Å². The fourth-order valence-electron chi connectivity index (χ4n) is 6.41. The van der Waals surface area contributed by atoms with Crippen LogP contribution >= 0.6 is 0 Å². The van der Waals surface area contributed by atoms with Crippen molar-refractivity contribution in [3.63, 3.8) is 0 Å². The van der Waals surface area contributed by atoms with Crippen LogP contribution < -0.4 is 0 Å². The number of carbonyl (C=O) groups is 3. The molecule has 0 aromatic heterocycles. The van der Waals surface area contributed by atoms with Crippen LogP contribution in [0.3, 0.4) is 0 Å².